The number of carbonyl (C=O) groups is 2. The summed E-state index contributed by atoms with van der Waals surface area (Å²) in [6.45, 7) is 12.5. The van der Waals surface area contributed by atoms with E-state index in [-0.39, 0.29) is 34.6 Å². The highest BCUT2D eigenvalue weighted by Crippen LogP contribution is 2.80. The first kappa shape index (κ1) is 23.5. The van der Waals surface area contributed by atoms with Gasteiger partial charge in [-0.2, -0.15) is 0 Å². The SMILES string of the molecule is CC(=O)OC1CC2C(C)(C)[C@@H](O)CC[C@]2(C)C2CC[C@]3(C)[C@H](c4ccoc4)OC(=O)[C@H]4O[C@]43[C@]12C. The van der Waals surface area contributed by atoms with Gasteiger partial charge in [-0.25, -0.2) is 4.79 Å². The molecule has 7 nitrogen and oxygen atoms in total. The Morgan fingerprint density at radius 3 is 2.49 bits per heavy atom. The Bertz CT molecular complexity index is 1060. The first-order valence-electron chi connectivity index (χ1n) is 13.1. The average Bonchev–Trinajstić information content (AvgIpc) is 3.35. The van der Waals surface area contributed by atoms with Crippen molar-refractivity contribution >= 4 is 11.9 Å². The molecule has 1 aromatic heterocycles. The van der Waals surface area contributed by atoms with Gasteiger partial charge in [0.15, 0.2) is 6.10 Å². The van der Waals surface area contributed by atoms with E-state index in [9.17, 15) is 14.7 Å². The maximum atomic E-state index is 13.3. The summed E-state index contributed by atoms with van der Waals surface area (Å²) in [6, 6.07) is 1.86. The fraction of sp³-hybridized carbons (Fsp3) is 0.786. The molecule has 5 fully saturated rings. The van der Waals surface area contributed by atoms with Crippen LogP contribution >= 0.6 is 0 Å². The molecule has 192 valence electrons. The van der Waals surface area contributed by atoms with Gasteiger partial charge in [0, 0.05) is 23.3 Å². The second kappa shape index (κ2) is 6.91. The van der Waals surface area contributed by atoms with Gasteiger partial charge in [-0.3, -0.25) is 4.79 Å². The van der Waals surface area contributed by atoms with Gasteiger partial charge in [-0.1, -0.05) is 34.6 Å². The molecule has 1 aromatic rings. The molecule has 0 radical (unpaired) electrons. The van der Waals surface area contributed by atoms with Crippen molar-refractivity contribution in [1.29, 1.82) is 0 Å². The van der Waals surface area contributed by atoms with Gasteiger partial charge < -0.3 is 23.7 Å². The molecule has 3 saturated carbocycles. The van der Waals surface area contributed by atoms with E-state index in [0.29, 0.717) is 6.42 Å². The minimum atomic E-state index is -0.797. The maximum Gasteiger partial charge on any atom is 0.339 e. The fourth-order valence-corrected chi connectivity index (χ4v) is 9.88. The lowest BCUT2D eigenvalue weighted by Crippen LogP contribution is -2.73. The number of esters is 2. The highest BCUT2D eigenvalue weighted by molar-refractivity contribution is 5.82. The molecule has 7 heteroatoms. The number of cyclic esters (lactones) is 1. The van der Waals surface area contributed by atoms with Gasteiger partial charge in [0.05, 0.1) is 18.6 Å². The Labute approximate surface area is 206 Å². The molecule has 1 spiro atoms. The number of aliphatic hydroxyl groups is 1. The largest absolute Gasteiger partial charge is 0.472 e. The van der Waals surface area contributed by atoms with Gasteiger partial charge >= 0.3 is 11.9 Å². The second-order valence-corrected chi connectivity index (χ2v) is 13.2. The van der Waals surface area contributed by atoms with Gasteiger partial charge in [-0.05, 0) is 60.8 Å². The lowest BCUT2D eigenvalue weighted by atomic mass is 9.34. The highest BCUT2D eigenvalue weighted by Gasteiger charge is 2.88. The van der Waals surface area contributed by atoms with Crippen LogP contribution in [0.5, 0.6) is 0 Å². The predicted molar refractivity (Wildman–Crippen MR) is 125 cm³/mol. The molecule has 0 amide bonds. The van der Waals surface area contributed by atoms with Crippen LogP contribution in [0.1, 0.15) is 85.3 Å². The minimum Gasteiger partial charge on any atom is -0.472 e. The lowest BCUT2D eigenvalue weighted by molar-refractivity contribution is -0.275. The number of hydrogen-bond donors (Lipinski definition) is 1. The van der Waals surface area contributed by atoms with Crippen LogP contribution in [0.2, 0.25) is 0 Å². The van der Waals surface area contributed by atoms with E-state index in [1.165, 1.54) is 6.92 Å². The van der Waals surface area contributed by atoms with Gasteiger partial charge in [0.25, 0.3) is 0 Å². The number of aliphatic hydroxyl groups excluding tert-OH is 1. The number of furan rings is 1. The molecule has 35 heavy (non-hydrogen) atoms. The van der Waals surface area contributed by atoms with Crippen molar-refractivity contribution < 1.29 is 33.3 Å². The molecule has 5 aliphatic rings. The lowest BCUT2D eigenvalue weighted by Gasteiger charge is -2.70. The summed E-state index contributed by atoms with van der Waals surface area (Å²) in [5.41, 5.74) is -1.42. The maximum absolute atomic E-state index is 13.3. The summed E-state index contributed by atoms with van der Waals surface area (Å²) < 4.78 is 24.1. The Hall–Kier alpha value is -1.86. The molecular weight excluding hydrogens is 448 g/mol. The summed E-state index contributed by atoms with van der Waals surface area (Å²) >= 11 is 0. The van der Waals surface area contributed by atoms with Crippen LogP contribution < -0.4 is 0 Å². The summed E-state index contributed by atoms with van der Waals surface area (Å²) in [5, 5.41) is 11.0. The van der Waals surface area contributed by atoms with E-state index >= 15 is 0 Å². The van der Waals surface area contributed by atoms with Crippen LogP contribution in [-0.4, -0.2) is 41.0 Å². The zero-order valence-electron chi connectivity index (χ0n) is 21.6. The monoisotopic (exact) mass is 486 g/mol. The van der Waals surface area contributed by atoms with E-state index in [0.717, 1.165) is 31.2 Å². The van der Waals surface area contributed by atoms with Crippen LogP contribution in [0.3, 0.4) is 0 Å². The van der Waals surface area contributed by atoms with Crippen LogP contribution in [0.25, 0.3) is 0 Å². The van der Waals surface area contributed by atoms with Gasteiger partial charge in [0.1, 0.15) is 17.8 Å². The van der Waals surface area contributed by atoms with Gasteiger partial charge in [0.2, 0.25) is 0 Å². The zero-order valence-corrected chi connectivity index (χ0v) is 21.6. The number of ether oxygens (including phenoxy) is 3. The predicted octanol–water partition coefficient (Wildman–Crippen LogP) is 4.58. The van der Waals surface area contributed by atoms with Crippen molar-refractivity contribution in [2.24, 2.45) is 33.5 Å². The molecule has 3 heterocycles. The van der Waals surface area contributed by atoms with E-state index in [1.807, 2.05) is 6.07 Å². The molecule has 0 bridgehead atoms. The van der Waals surface area contributed by atoms with Crippen LogP contribution in [0, 0.1) is 33.5 Å². The molecule has 2 aliphatic heterocycles. The third kappa shape index (κ3) is 2.59. The normalized spacial score (nSPS) is 51.7. The van der Waals surface area contributed by atoms with Crippen molar-refractivity contribution in [3.63, 3.8) is 0 Å². The van der Waals surface area contributed by atoms with Crippen LogP contribution in [0.15, 0.2) is 23.0 Å². The Kier molecular flexibility index (Phi) is 4.65. The van der Waals surface area contributed by atoms with Crippen molar-refractivity contribution in [1.82, 2.24) is 0 Å². The molecule has 1 N–H and O–H groups in total. The Morgan fingerprint density at radius 1 is 1.09 bits per heavy atom. The third-order valence-corrected chi connectivity index (χ3v) is 11.5. The number of rotatable bonds is 2. The van der Waals surface area contributed by atoms with E-state index in [1.54, 1.807) is 12.5 Å². The number of hydrogen-bond acceptors (Lipinski definition) is 7. The summed E-state index contributed by atoms with van der Waals surface area (Å²) in [6.07, 6.45) is 5.33. The van der Waals surface area contributed by atoms with Crippen LogP contribution in [0.4, 0.5) is 0 Å². The highest BCUT2D eigenvalue weighted by atomic mass is 16.7. The zero-order chi connectivity index (χ0) is 25.2. The quantitative estimate of drug-likeness (QED) is 0.483. The van der Waals surface area contributed by atoms with Crippen molar-refractivity contribution in [3.8, 4) is 0 Å². The van der Waals surface area contributed by atoms with Crippen molar-refractivity contribution in [2.45, 2.75) is 104 Å². The fourth-order valence-electron chi connectivity index (χ4n) is 9.88. The molecule has 10 atom stereocenters. The third-order valence-electron chi connectivity index (χ3n) is 11.5. The summed E-state index contributed by atoms with van der Waals surface area (Å²) in [4.78, 5) is 25.7. The van der Waals surface area contributed by atoms with E-state index < -0.39 is 40.8 Å². The molecule has 3 unspecified atom stereocenters. The standard InChI is InChI=1S/C28H38O7/c1-15(29)33-20-13-18-24(2,3)19(30)8-10-25(18,4)17-7-11-26(5)21(16-9-12-32-14-16)34-23(31)22-28(26,35-22)27(17,20)6/h9,12,14,17-22,30H,7-8,10-11,13H2,1-6H3/t17?,18?,19-,20?,21-,22+,25+,26+,27-,28+/m0/s1. The molecule has 0 aromatic carbocycles. The topological polar surface area (TPSA) is 98.5 Å². The average molecular weight is 487 g/mol. The second-order valence-electron chi connectivity index (χ2n) is 13.2. The molecule has 3 aliphatic carbocycles. The van der Waals surface area contributed by atoms with Crippen molar-refractivity contribution in [3.05, 3.63) is 24.2 Å². The first-order valence-corrected chi connectivity index (χ1v) is 13.1. The Morgan fingerprint density at radius 2 is 1.83 bits per heavy atom. The Balaban J connectivity index is 1.53. The van der Waals surface area contributed by atoms with E-state index in [4.69, 9.17) is 18.6 Å². The smallest absolute Gasteiger partial charge is 0.339 e. The number of fused-ring (bicyclic) bond motifs is 3. The molecule has 2 saturated heterocycles. The summed E-state index contributed by atoms with van der Waals surface area (Å²) in [5.74, 6) is -0.319. The van der Waals surface area contributed by atoms with Crippen molar-refractivity contribution in [2.75, 3.05) is 0 Å². The van der Waals surface area contributed by atoms with E-state index in [2.05, 4.69) is 34.6 Å². The first-order chi connectivity index (χ1) is 16.3. The minimum absolute atomic E-state index is 0.0762. The van der Waals surface area contributed by atoms with Gasteiger partial charge in [-0.15, -0.1) is 0 Å². The molecular formula is C28H38O7. The number of epoxide rings is 1. The molecule has 6 rings (SSSR count). The summed E-state index contributed by atoms with van der Waals surface area (Å²) in [7, 11) is 0. The number of carbonyl (C=O) groups excluding carboxylic acids is 2. The van der Waals surface area contributed by atoms with Crippen LogP contribution in [-0.2, 0) is 23.8 Å².